The van der Waals surface area contributed by atoms with Gasteiger partial charge < -0.3 is 15.4 Å². The molecule has 2 heterocycles. The molecular formula is C15H14N4O5. The fourth-order valence-electron chi connectivity index (χ4n) is 2.25. The second-order valence-corrected chi connectivity index (χ2v) is 5.22. The van der Waals surface area contributed by atoms with Crippen LogP contribution in [0, 0.1) is 0 Å². The van der Waals surface area contributed by atoms with Gasteiger partial charge in [-0.3, -0.25) is 23.5 Å². The van der Waals surface area contributed by atoms with Gasteiger partial charge in [-0.05, 0) is 18.2 Å². The third kappa shape index (κ3) is 3.05. The van der Waals surface area contributed by atoms with Gasteiger partial charge >= 0.3 is 5.69 Å². The van der Waals surface area contributed by atoms with Crippen LogP contribution in [0.3, 0.4) is 0 Å². The van der Waals surface area contributed by atoms with Crippen LogP contribution in [0.4, 0.5) is 11.4 Å². The van der Waals surface area contributed by atoms with Crippen LogP contribution in [0.15, 0.2) is 40.1 Å². The molecule has 1 aliphatic rings. The van der Waals surface area contributed by atoms with E-state index < -0.39 is 17.2 Å². The number of benzene rings is 1. The van der Waals surface area contributed by atoms with Crippen molar-refractivity contribution >= 4 is 23.2 Å². The predicted octanol–water partition coefficient (Wildman–Crippen LogP) is -0.483. The second kappa shape index (κ2) is 6.03. The summed E-state index contributed by atoms with van der Waals surface area (Å²) in [4.78, 5) is 46.6. The van der Waals surface area contributed by atoms with Crippen molar-refractivity contribution in [1.82, 2.24) is 9.13 Å². The number of fused-ring (bicyclic) bond motifs is 1. The summed E-state index contributed by atoms with van der Waals surface area (Å²) in [5, 5.41) is 5.26. The topological polar surface area (TPSA) is 111 Å². The summed E-state index contributed by atoms with van der Waals surface area (Å²) in [5.41, 5.74) is -0.114. The third-order valence-corrected chi connectivity index (χ3v) is 3.47. The zero-order valence-corrected chi connectivity index (χ0v) is 12.7. The van der Waals surface area contributed by atoms with Gasteiger partial charge in [0.25, 0.3) is 11.5 Å². The minimum atomic E-state index is -0.580. The quantitative estimate of drug-likeness (QED) is 0.789. The van der Waals surface area contributed by atoms with Gasteiger partial charge in [-0.1, -0.05) is 0 Å². The van der Waals surface area contributed by atoms with Gasteiger partial charge in [0, 0.05) is 25.0 Å². The second-order valence-electron chi connectivity index (χ2n) is 5.22. The standard InChI is InChI=1S/C15H14N4O5/c1-18-14(22)4-5-19(15(18)23)7-12(20)16-9-2-3-11-10(6-9)17-13(21)8-24-11/h2-6H,7-8H2,1H3,(H,16,20)(H,17,21). The lowest BCUT2D eigenvalue weighted by Crippen LogP contribution is -2.38. The molecule has 3 rings (SSSR count). The van der Waals surface area contributed by atoms with E-state index in [0.29, 0.717) is 17.1 Å². The van der Waals surface area contributed by atoms with E-state index in [4.69, 9.17) is 4.74 Å². The van der Waals surface area contributed by atoms with Gasteiger partial charge in [-0.15, -0.1) is 0 Å². The Kier molecular flexibility index (Phi) is 3.90. The number of nitrogens with one attached hydrogen (secondary N) is 2. The Morgan fingerprint density at radius 2 is 2.08 bits per heavy atom. The Morgan fingerprint density at radius 3 is 2.88 bits per heavy atom. The first-order valence-corrected chi connectivity index (χ1v) is 7.07. The Balaban J connectivity index is 1.75. The summed E-state index contributed by atoms with van der Waals surface area (Å²) in [6, 6.07) is 6.02. The predicted molar refractivity (Wildman–Crippen MR) is 85.1 cm³/mol. The number of nitrogens with zero attached hydrogens (tertiary/aromatic N) is 2. The molecule has 9 heteroatoms. The molecule has 0 aliphatic carbocycles. The van der Waals surface area contributed by atoms with Crippen molar-refractivity contribution in [2.75, 3.05) is 17.2 Å². The molecule has 9 nitrogen and oxygen atoms in total. The first-order chi connectivity index (χ1) is 11.4. The van der Waals surface area contributed by atoms with Crippen molar-refractivity contribution < 1.29 is 14.3 Å². The van der Waals surface area contributed by atoms with Crippen molar-refractivity contribution in [3.63, 3.8) is 0 Å². The van der Waals surface area contributed by atoms with Crippen LogP contribution in [-0.4, -0.2) is 27.6 Å². The normalized spacial score (nSPS) is 12.8. The fourth-order valence-corrected chi connectivity index (χ4v) is 2.25. The van der Waals surface area contributed by atoms with Gasteiger partial charge in [-0.2, -0.15) is 0 Å². The maximum absolute atomic E-state index is 12.1. The maximum atomic E-state index is 12.1. The molecule has 0 bridgehead atoms. The highest BCUT2D eigenvalue weighted by molar-refractivity contribution is 5.97. The van der Waals surface area contributed by atoms with Gasteiger partial charge in [0.15, 0.2) is 6.61 Å². The van der Waals surface area contributed by atoms with E-state index in [2.05, 4.69) is 10.6 Å². The first kappa shape index (κ1) is 15.5. The van der Waals surface area contributed by atoms with E-state index in [1.807, 2.05) is 0 Å². The zero-order valence-electron chi connectivity index (χ0n) is 12.7. The van der Waals surface area contributed by atoms with E-state index in [-0.39, 0.29) is 19.1 Å². The highest BCUT2D eigenvalue weighted by Crippen LogP contribution is 2.30. The number of aromatic nitrogens is 2. The maximum Gasteiger partial charge on any atom is 0.331 e. The monoisotopic (exact) mass is 330 g/mol. The van der Waals surface area contributed by atoms with E-state index in [9.17, 15) is 19.2 Å². The summed E-state index contributed by atoms with van der Waals surface area (Å²) in [7, 11) is 1.34. The molecule has 0 spiro atoms. The molecule has 0 atom stereocenters. The molecule has 0 saturated carbocycles. The van der Waals surface area contributed by atoms with Crippen LogP contribution in [0.2, 0.25) is 0 Å². The first-order valence-electron chi connectivity index (χ1n) is 7.07. The zero-order chi connectivity index (χ0) is 17.3. The van der Waals surface area contributed by atoms with Crippen LogP contribution in [0.5, 0.6) is 5.75 Å². The summed E-state index contributed by atoms with van der Waals surface area (Å²) >= 11 is 0. The van der Waals surface area contributed by atoms with Crippen LogP contribution in [-0.2, 0) is 23.2 Å². The number of carbonyl (C=O) groups is 2. The molecule has 1 aromatic heterocycles. The summed E-state index contributed by atoms with van der Waals surface area (Å²) < 4.78 is 7.27. The summed E-state index contributed by atoms with van der Waals surface area (Å²) in [5.74, 6) is -0.205. The molecular weight excluding hydrogens is 316 g/mol. The fraction of sp³-hybridized carbons (Fsp3) is 0.200. The molecule has 0 fully saturated rings. The van der Waals surface area contributed by atoms with Crippen LogP contribution < -0.4 is 26.6 Å². The van der Waals surface area contributed by atoms with Crippen molar-refractivity contribution in [3.05, 3.63) is 51.3 Å². The average Bonchev–Trinajstić information content (AvgIpc) is 2.55. The molecule has 0 saturated heterocycles. The number of hydrogen-bond donors (Lipinski definition) is 2. The molecule has 24 heavy (non-hydrogen) atoms. The largest absolute Gasteiger partial charge is 0.482 e. The van der Waals surface area contributed by atoms with E-state index in [1.54, 1.807) is 18.2 Å². The van der Waals surface area contributed by atoms with Gasteiger partial charge in [0.1, 0.15) is 12.3 Å². The molecule has 0 unspecified atom stereocenters. The molecule has 0 radical (unpaired) electrons. The number of rotatable bonds is 3. The Bertz CT molecular complexity index is 944. The van der Waals surface area contributed by atoms with Crippen molar-refractivity contribution in [3.8, 4) is 5.75 Å². The van der Waals surface area contributed by atoms with Crippen LogP contribution in [0.1, 0.15) is 0 Å². The highest BCUT2D eigenvalue weighted by atomic mass is 16.5. The average molecular weight is 330 g/mol. The van der Waals surface area contributed by atoms with E-state index in [0.717, 1.165) is 9.13 Å². The molecule has 2 aromatic rings. The smallest absolute Gasteiger partial charge is 0.331 e. The molecule has 2 N–H and O–H groups in total. The van der Waals surface area contributed by atoms with Gasteiger partial charge in [0.2, 0.25) is 5.91 Å². The number of carbonyl (C=O) groups excluding carboxylic acids is 2. The van der Waals surface area contributed by atoms with Crippen LogP contribution >= 0.6 is 0 Å². The number of hydrogen-bond acceptors (Lipinski definition) is 5. The Morgan fingerprint density at radius 1 is 1.29 bits per heavy atom. The van der Waals surface area contributed by atoms with E-state index in [1.165, 1.54) is 19.3 Å². The molecule has 1 aromatic carbocycles. The lowest BCUT2D eigenvalue weighted by molar-refractivity contribution is -0.118. The van der Waals surface area contributed by atoms with Crippen molar-refractivity contribution in [2.45, 2.75) is 6.54 Å². The summed E-state index contributed by atoms with van der Waals surface area (Å²) in [6.07, 6.45) is 1.27. The number of anilines is 2. The third-order valence-electron chi connectivity index (χ3n) is 3.47. The summed E-state index contributed by atoms with van der Waals surface area (Å²) in [6.45, 7) is -0.290. The van der Waals surface area contributed by atoms with Crippen molar-refractivity contribution in [1.29, 1.82) is 0 Å². The minimum absolute atomic E-state index is 0.0473. The molecule has 124 valence electrons. The Hall–Kier alpha value is -3.36. The Labute approximate surface area is 135 Å². The van der Waals surface area contributed by atoms with Crippen molar-refractivity contribution in [2.24, 2.45) is 7.05 Å². The van der Waals surface area contributed by atoms with Crippen LogP contribution in [0.25, 0.3) is 0 Å². The SMILES string of the molecule is Cn1c(=O)ccn(CC(=O)Nc2ccc3c(c2)NC(=O)CO3)c1=O. The highest BCUT2D eigenvalue weighted by Gasteiger charge is 2.16. The molecule has 2 amide bonds. The van der Waals surface area contributed by atoms with Gasteiger partial charge in [0.05, 0.1) is 5.69 Å². The van der Waals surface area contributed by atoms with Gasteiger partial charge in [-0.25, -0.2) is 4.79 Å². The van der Waals surface area contributed by atoms with E-state index >= 15 is 0 Å². The lowest BCUT2D eigenvalue weighted by Gasteiger charge is -2.18. The number of amides is 2. The minimum Gasteiger partial charge on any atom is -0.482 e. The molecule has 1 aliphatic heterocycles. The lowest BCUT2D eigenvalue weighted by atomic mass is 10.2. The number of ether oxygens (including phenoxy) is 1.